The molecule has 0 aliphatic rings. The maximum absolute atomic E-state index is 12.9. The summed E-state index contributed by atoms with van der Waals surface area (Å²) < 4.78 is 7.91. The topological polar surface area (TPSA) is 44.1 Å². The highest BCUT2D eigenvalue weighted by atomic mass is 35.5. The van der Waals surface area contributed by atoms with Crippen molar-refractivity contribution in [3.05, 3.63) is 94.8 Å². The number of hydrogen-bond acceptors (Lipinski definition) is 3. The minimum atomic E-state index is -0.00245. The van der Waals surface area contributed by atoms with Crippen LogP contribution in [-0.4, -0.2) is 15.3 Å². The maximum atomic E-state index is 12.9. The summed E-state index contributed by atoms with van der Waals surface area (Å²) >= 11 is 5.95. The smallest absolute Gasteiger partial charge is 0.182 e. The van der Waals surface area contributed by atoms with Crippen LogP contribution < -0.4 is 4.74 Å². The van der Waals surface area contributed by atoms with Crippen LogP contribution >= 0.6 is 11.6 Å². The van der Waals surface area contributed by atoms with Gasteiger partial charge >= 0.3 is 0 Å². The molecule has 0 atom stereocenters. The normalized spacial score (nSPS) is 11.2. The van der Waals surface area contributed by atoms with Gasteiger partial charge in [-0.3, -0.25) is 4.79 Å². The summed E-state index contributed by atoms with van der Waals surface area (Å²) in [4.78, 5) is 17.6. The van der Waals surface area contributed by atoms with Crippen molar-refractivity contribution in [3.8, 4) is 5.75 Å². The first kappa shape index (κ1) is 20.2. The van der Waals surface area contributed by atoms with Crippen molar-refractivity contribution in [1.82, 2.24) is 9.55 Å². The van der Waals surface area contributed by atoms with Crippen molar-refractivity contribution in [2.24, 2.45) is 0 Å². The monoisotopic (exact) mass is 418 g/mol. The summed E-state index contributed by atoms with van der Waals surface area (Å²) in [7, 11) is 0. The Morgan fingerprint density at radius 3 is 2.40 bits per heavy atom. The van der Waals surface area contributed by atoms with Crippen LogP contribution in [0.25, 0.3) is 11.0 Å². The SMILES string of the molecule is CC(C)c1ccc(OCc2nc3ccccc3n2CC(=O)c2ccc(Cl)cc2)cc1. The number of ether oxygens (including phenoxy) is 1. The van der Waals surface area contributed by atoms with Crippen LogP contribution in [0.1, 0.15) is 41.5 Å². The van der Waals surface area contributed by atoms with Gasteiger partial charge in [0.2, 0.25) is 0 Å². The molecule has 0 bridgehead atoms. The summed E-state index contributed by atoms with van der Waals surface area (Å²) in [5.41, 5.74) is 3.64. The van der Waals surface area contributed by atoms with Crippen LogP contribution in [-0.2, 0) is 13.2 Å². The second-order valence-corrected chi connectivity index (χ2v) is 7.98. The van der Waals surface area contributed by atoms with E-state index >= 15 is 0 Å². The fourth-order valence-corrected chi connectivity index (χ4v) is 3.51. The highest BCUT2D eigenvalue weighted by Crippen LogP contribution is 2.22. The first-order valence-electron chi connectivity index (χ1n) is 9.97. The van der Waals surface area contributed by atoms with Crippen molar-refractivity contribution >= 4 is 28.4 Å². The van der Waals surface area contributed by atoms with E-state index in [1.54, 1.807) is 24.3 Å². The van der Waals surface area contributed by atoms with E-state index in [0.717, 1.165) is 16.8 Å². The average molecular weight is 419 g/mol. The van der Waals surface area contributed by atoms with Gasteiger partial charge in [0.05, 0.1) is 17.6 Å². The third-order valence-electron chi connectivity index (χ3n) is 5.12. The quantitative estimate of drug-likeness (QED) is 0.332. The van der Waals surface area contributed by atoms with Gasteiger partial charge in [-0.1, -0.05) is 49.7 Å². The zero-order chi connectivity index (χ0) is 21.1. The van der Waals surface area contributed by atoms with Gasteiger partial charge < -0.3 is 9.30 Å². The number of carbonyl (C=O) groups excluding carboxylic acids is 1. The molecule has 0 saturated heterocycles. The van der Waals surface area contributed by atoms with Crippen LogP contribution in [0.2, 0.25) is 5.02 Å². The Morgan fingerprint density at radius 2 is 1.70 bits per heavy atom. The van der Waals surface area contributed by atoms with Gasteiger partial charge in [-0.25, -0.2) is 4.98 Å². The molecule has 0 N–H and O–H groups in total. The Labute approximate surface area is 181 Å². The molecule has 0 radical (unpaired) electrons. The molecule has 0 unspecified atom stereocenters. The van der Waals surface area contributed by atoms with Gasteiger partial charge in [-0.15, -0.1) is 0 Å². The Hall–Kier alpha value is -3.11. The molecule has 0 aliphatic heterocycles. The molecule has 152 valence electrons. The maximum Gasteiger partial charge on any atom is 0.182 e. The molecule has 0 aliphatic carbocycles. The molecular formula is C25H23ClN2O2. The lowest BCUT2D eigenvalue weighted by molar-refractivity contribution is 0.0971. The van der Waals surface area contributed by atoms with E-state index in [-0.39, 0.29) is 18.9 Å². The number of imidazole rings is 1. The molecule has 0 saturated carbocycles. The van der Waals surface area contributed by atoms with Gasteiger partial charge in [0.1, 0.15) is 18.2 Å². The third-order valence-corrected chi connectivity index (χ3v) is 5.37. The molecule has 3 aromatic carbocycles. The lowest BCUT2D eigenvalue weighted by atomic mass is 10.0. The van der Waals surface area contributed by atoms with E-state index in [4.69, 9.17) is 21.3 Å². The van der Waals surface area contributed by atoms with Gasteiger partial charge in [0.15, 0.2) is 5.78 Å². The predicted molar refractivity (Wildman–Crippen MR) is 120 cm³/mol. The zero-order valence-electron chi connectivity index (χ0n) is 17.0. The van der Waals surface area contributed by atoms with Crippen LogP contribution in [0, 0.1) is 0 Å². The second kappa shape index (κ2) is 8.72. The fraction of sp³-hybridized carbons (Fsp3) is 0.200. The molecule has 5 heteroatoms. The molecule has 0 fully saturated rings. The van der Waals surface area contributed by atoms with Crippen LogP contribution in [0.4, 0.5) is 0 Å². The summed E-state index contributed by atoms with van der Waals surface area (Å²) in [5.74, 6) is 1.97. The van der Waals surface area contributed by atoms with Crippen LogP contribution in [0.15, 0.2) is 72.8 Å². The average Bonchev–Trinajstić information content (AvgIpc) is 3.10. The number of benzene rings is 3. The highest BCUT2D eigenvalue weighted by Gasteiger charge is 2.15. The van der Waals surface area contributed by atoms with Gasteiger partial charge in [-0.05, 0) is 60.0 Å². The fourth-order valence-electron chi connectivity index (χ4n) is 3.38. The first-order valence-corrected chi connectivity index (χ1v) is 10.3. The Balaban J connectivity index is 1.58. The van der Waals surface area contributed by atoms with E-state index in [1.807, 2.05) is 41.0 Å². The molecule has 1 heterocycles. The molecule has 30 heavy (non-hydrogen) atoms. The lowest BCUT2D eigenvalue weighted by Crippen LogP contribution is -2.14. The first-order chi connectivity index (χ1) is 14.5. The van der Waals surface area contributed by atoms with Gasteiger partial charge in [-0.2, -0.15) is 0 Å². The minimum absolute atomic E-state index is 0.00245. The standard InChI is InChI=1S/C25H23ClN2O2/c1-17(2)18-9-13-21(14-10-18)30-16-25-27-22-5-3-4-6-23(22)28(25)15-24(29)19-7-11-20(26)12-8-19/h3-14,17H,15-16H2,1-2H3. The molecule has 4 nitrogen and oxygen atoms in total. The summed E-state index contributed by atoms with van der Waals surface area (Å²) in [5, 5.41) is 0.609. The number of halogens is 1. The summed E-state index contributed by atoms with van der Waals surface area (Å²) in [6.07, 6.45) is 0. The molecule has 0 amide bonds. The van der Waals surface area contributed by atoms with Gasteiger partial charge in [0, 0.05) is 10.6 Å². The number of fused-ring (bicyclic) bond motifs is 1. The number of ketones is 1. The molecule has 4 aromatic rings. The number of nitrogens with zero attached hydrogens (tertiary/aromatic N) is 2. The van der Waals surface area contributed by atoms with Crippen molar-refractivity contribution in [2.75, 3.05) is 0 Å². The highest BCUT2D eigenvalue weighted by molar-refractivity contribution is 6.30. The minimum Gasteiger partial charge on any atom is -0.486 e. The lowest BCUT2D eigenvalue weighted by Gasteiger charge is -2.11. The number of aromatic nitrogens is 2. The Bertz CT molecular complexity index is 1160. The summed E-state index contributed by atoms with van der Waals surface area (Å²) in [6, 6.07) is 22.8. The number of para-hydroxylation sites is 2. The number of Topliss-reactive ketones (excluding diaryl/α,β-unsaturated/α-hetero) is 1. The van der Waals surface area contributed by atoms with Gasteiger partial charge in [0.25, 0.3) is 0 Å². The van der Waals surface area contributed by atoms with Crippen molar-refractivity contribution in [1.29, 1.82) is 0 Å². The third kappa shape index (κ3) is 4.39. The van der Waals surface area contributed by atoms with Crippen molar-refractivity contribution in [2.45, 2.75) is 32.9 Å². The zero-order valence-corrected chi connectivity index (χ0v) is 17.8. The largest absolute Gasteiger partial charge is 0.486 e. The Kier molecular flexibility index (Phi) is 5.86. The molecular weight excluding hydrogens is 396 g/mol. The van der Waals surface area contributed by atoms with E-state index in [0.29, 0.717) is 22.3 Å². The number of rotatable bonds is 7. The Morgan fingerprint density at radius 1 is 1.00 bits per heavy atom. The van der Waals surface area contributed by atoms with E-state index < -0.39 is 0 Å². The van der Waals surface area contributed by atoms with E-state index in [1.165, 1.54) is 5.56 Å². The second-order valence-electron chi connectivity index (χ2n) is 7.55. The summed E-state index contributed by atoms with van der Waals surface area (Å²) in [6.45, 7) is 4.79. The van der Waals surface area contributed by atoms with Crippen LogP contribution in [0.5, 0.6) is 5.75 Å². The van der Waals surface area contributed by atoms with Crippen molar-refractivity contribution in [3.63, 3.8) is 0 Å². The molecule has 1 aromatic heterocycles. The van der Waals surface area contributed by atoms with E-state index in [9.17, 15) is 4.79 Å². The molecule has 4 rings (SSSR count). The van der Waals surface area contributed by atoms with Crippen LogP contribution in [0.3, 0.4) is 0 Å². The molecule has 0 spiro atoms. The number of carbonyl (C=O) groups is 1. The van der Waals surface area contributed by atoms with E-state index in [2.05, 4.69) is 26.0 Å². The van der Waals surface area contributed by atoms with Crippen molar-refractivity contribution < 1.29 is 9.53 Å². The predicted octanol–water partition coefficient (Wildman–Crippen LogP) is 6.28. The number of hydrogen-bond donors (Lipinski definition) is 0.